The van der Waals surface area contributed by atoms with Crippen LogP contribution in [0.4, 0.5) is 5.69 Å². The number of amides is 1. The third kappa shape index (κ3) is 4.45. The number of sulfonamides is 1. The van der Waals surface area contributed by atoms with Gasteiger partial charge in [-0.1, -0.05) is 6.07 Å². The molecule has 0 radical (unpaired) electrons. The van der Waals surface area contributed by atoms with Crippen molar-refractivity contribution in [1.29, 1.82) is 5.26 Å². The number of carbonyl (C=O) groups excluding carboxylic acids is 1. The molecule has 1 amide bonds. The van der Waals surface area contributed by atoms with E-state index in [1.165, 1.54) is 23.3 Å². The van der Waals surface area contributed by atoms with Crippen LogP contribution in [-0.2, 0) is 27.8 Å². The SMILES string of the molecule is CCn1c(CCC(=O)N(C)c2cccc(C#N)c2)nc2cc(S(=O)(=O)N(C)C)ccc21. The summed E-state index contributed by atoms with van der Waals surface area (Å²) in [6.45, 7) is 2.64. The highest BCUT2D eigenvalue weighted by atomic mass is 32.2. The maximum Gasteiger partial charge on any atom is 0.242 e. The van der Waals surface area contributed by atoms with Gasteiger partial charge < -0.3 is 9.47 Å². The first-order chi connectivity index (χ1) is 14.7. The summed E-state index contributed by atoms with van der Waals surface area (Å²) in [5.74, 6) is 0.630. The first-order valence-electron chi connectivity index (χ1n) is 9.87. The van der Waals surface area contributed by atoms with Crippen LogP contribution in [0.15, 0.2) is 47.4 Å². The van der Waals surface area contributed by atoms with E-state index in [0.29, 0.717) is 29.7 Å². The summed E-state index contributed by atoms with van der Waals surface area (Å²) >= 11 is 0. The fraction of sp³-hybridized carbons (Fsp3) is 0.318. The minimum Gasteiger partial charge on any atom is -0.328 e. The van der Waals surface area contributed by atoms with Crippen LogP contribution in [0, 0.1) is 11.3 Å². The maximum atomic E-state index is 12.7. The number of rotatable bonds is 7. The molecule has 0 atom stereocenters. The normalized spacial score (nSPS) is 11.6. The van der Waals surface area contributed by atoms with Gasteiger partial charge in [-0.25, -0.2) is 17.7 Å². The number of anilines is 1. The van der Waals surface area contributed by atoms with Gasteiger partial charge in [0.1, 0.15) is 5.82 Å². The molecule has 9 heteroatoms. The summed E-state index contributed by atoms with van der Waals surface area (Å²) in [5.41, 5.74) is 2.57. The topological polar surface area (TPSA) is 99.3 Å². The largest absolute Gasteiger partial charge is 0.328 e. The van der Waals surface area contributed by atoms with E-state index >= 15 is 0 Å². The summed E-state index contributed by atoms with van der Waals surface area (Å²) in [4.78, 5) is 19.0. The van der Waals surface area contributed by atoms with Gasteiger partial charge in [-0.15, -0.1) is 0 Å². The van der Waals surface area contributed by atoms with Crippen molar-refractivity contribution >= 4 is 32.7 Å². The summed E-state index contributed by atoms with van der Waals surface area (Å²) in [6.07, 6.45) is 0.652. The standard InChI is InChI=1S/C22H25N5O3S/c1-5-27-20-10-9-18(31(29,30)25(2)3)14-19(20)24-21(27)11-12-22(28)26(4)17-8-6-7-16(13-17)15-23/h6-10,13-14H,5,11-12H2,1-4H3. The second-order valence-corrected chi connectivity index (χ2v) is 9.48. The van der Waals surface area contributed by atoms with E-state index in [9.17, 15) is 13.2 Å². The van der Waals surface area contributed by atoms with Gasteiger partial charge >= 0.3 is 0 Å². The molecule has 8 nitrogen and oxygen atoms in total. The van der Waals surface area contributed by atoms with Crippen LogP contribution < -0.4 is 4.90 Å². The Kier molecular flexibility index (Phi) is 6.43. The number of aryl methyl sites for hydroxylation is 2. The molecule has 31 heavy (non-hydrogen) atoms. The molecular formula is C22H25N5O3S. The Labute approximate surface area is 182 Å². The van der Waals surface area contributed by atoms with Gasteiger partial charge in [0.25, 0.3) is 0 Å². The number of benzene rings is 2. The van der Waals surface area contributed by atoms with Crippen molar-refractivity contribution < 1.29 is 13.2 Å². The molecular weight excluding hydrogens is 414 g/mol. The van der Waals surface area contributed by atoms with E-state index in [1.807, 2.05) is 11.5 Å². The van der Waals surface area contributed by atoms with Crippen molar-refractivity contribution in [3.05, 3.63) is 53.9 Å². The van der Waals surface area contributed by atoms with Gasteiger partial charge in [0.15, 0.2) is 0 Å². The molecule has 0 N–H and O–H groups in total. The van der Waals surface area contributed by atoms with Crippen LogP contribution in [-0.4, -0.2) is 49.3 Å². The lowest BCUT2D eigenvalue weighted by Gasteiger charge is -2.17. The fourth-order valence-corrected chi connectivity index (χ4v) is 4.31. The molecule has 0 spiro atoms. The highest BCUT2D eigenvalue weighted by molar-refractivity contribution is 7.89. The first-order valence-corrected chi connectivity index (χ1v) is 11.3. The fourth-order valence-electron chi connectivity index (χ4n) is 3.39. The number of nitriles is 1. The number of nitrogens with zero attached hydrogens (tertiary/aromatic N) is 5. The predicted molar refractivity (Wildman–Crippen MR) is 119 cm³/mol. The Hall–Kier alpha value is -3.22. The minimum atomic E-state index is -3.55. The van der Waals surface area contributed by atoms with Crippen molar-refractivity contribution in [2.45, 2.75) is 31.2 Å². The van der Waals surface area contributed by atoms with Crippen LogP contribution in [0.1, 0.15) is 24.7 Å². The maximum absolute atomic E-state index is 12.7. The van der Waals surface area contributed by atoms with E-state index in [-0.39, 0.29) is 17.2 Å². The third-order valence-electron chi connectivity index (χ3n) is 5.19. The second-order valence-electron chi connectivity index (χ2n) is 7.33. The van der Waals surface area contributed by atoms with E-state index in [1.54, 1.807) is 49.5 Å². The molecule has 3 rings (SSSR count). The van der Waals surface area contributed by atoms with Gasteiger partial charge in [0, 0.05) is 46.2 Å². The molecule has 0 aliphatic heterocycles. The van der Waals surface area contributed by atoms with E-state index in [0.717, 1.165) is 11.3 Å². The minimum absolute atomic E-state index is 0.0966. The average Bonchev–Trinajstić information content (AvgIpc) is 3.13. The molecule has 3 aromatic rings. The van der Waals surface area contributed by atoms with Crippen LogP contribution in [0.25, 0.3) is 11.0 Å². The Morgan fingerprint density at radius 3 is 2.55 bits per heavy atom. The molecule has 162 valence electrons. The van der Waals surface area contributed by atoms with E-state index < -0.39 is 10.0 Å². The zero-order valence-electron chi connectivity index (χ0n) is 18.0. The molecule has 0 unspecified atom stereocenters. The van der Waals surface area contributed by atoms with Crippen molar-refractivity contribution in [3.63, 3.8) is 0 Å². The molecule has 0 aliphatic carbocycles. The van der Waals surface area contributed by atoms with Gasteiger partial charge in [0.05, 0.1) is 27.6 Å². The van der Waals surface area contributed by atoms with Crippen LogP contribution in [0.5, 0.6) is 0 Å². The van der Waals surface area contributed by atoms with Crippen LogP contribution in [0.3, 0.4) is 0 Å². The Bertz CT molecular complexity index is 1270. The molecule has 0 aliphatic rings. The van der Waals surface area contributed by atoms with Crippen molar-refractivity contribution in [1.82, 2.24) is 13.9 Å². The molecule has 1 heterocycles. The monoisotopic (exact) mass is 439 g/mol. The smallest absolute Gasteiger partial charge is 0.242 e. The number of hydrogen-bond acceptors (Lipinski definition) is 5. The Balaban J connectivity index is 1.84. The van der Waals surface area contributed by atoms with E-state index in [4.69, 9.17) is 5.26 Å². The number of imidazole rings is 1. The quantitative estimate of drug-likeness (QED) is 0.564. The number of hydrogen-bond donors (Lipinski definition) is 0. The summed E-state index contributed by atoms with van der Waals surface area (Å²) in [6, 6.07) is 13.9. The second kappa shape index (κ2) is 8.88. The average molecular weight is 440 g/mol. The van der Waals surface area contributed by atoms with E-state index in [2.05, 4.69) is 11.1 Å². The highest BCUT2D eigenvalue weighted by Gasteiger charge is 2.20. The lowest BCUT2D eigenvalue weighted by molar-refractivity contribution is -0.118. The molecule has 0 saturated carbocycles. The first kappa shape index (κ1) is 22.5. The van der Waals surface area contributed by atoms with Gasteiger partial charge in [-0.05, 0) is 43.3 Å². The predicted octanol–water partition coefficient (Wildman–Crippen LogP) is 2.77. The molecule has 0 saturated heterocycles. The molecule has 1 aromatic heterocycles. The summed E-state index contributed by atoms with van der Waals surface area (Å²) in [7, 11) is 1.11. The molecule has 0 bridgehead atoms. The number of aromatic nitrogens is 2. The Morgan fingerprint density at radius 1 is 1.16 bits per heavy atom. The summed E-state index contributed by atoms with van der Waals surface area (Å²) < 4.78 is 28.0. The van der Waals surface area contributed by atoms with Gasteiger partial charge in [-0.3, -0.25) is 4.79 Å². The molecule has 0 fully saturated rings. The Morgan fingerprint density at radius 2 is 1.90 bits per heavy atom. The van der Waals surface area contributed by atoms with Crippen molar-refractivity contribution in [2.24, 2.45) is 0 Å². The zero-order chi connectivity index (χ0) is 22.8. The molecule has 2 aromatic carbocycles. The number of fused-ring (bicyclic) bond motifs is 1. The number of carbonyl (C=O) groups is 1. The van der Waals surface area contributed by atoms with Crippen molar-refractivity contribution in [2.75, 3.05) is 26.0 Å². The van der Waals surface area contributed by atoms with Gasteiger partial charge in [-0.2, -0.15) is 5.26 Å². The van der Waals surface area contributed by atoms with Crippen LogP contribution in [0.2, 0.25) is 0 Å². The zero-order valence-corrected chi connectivity index (χ0v) is 18.8. The van der Waals surface area contributed by atoms with Crippen molar-refractivity contribution in [3.8, 4) is 6.07 Å². The lowest BCUT2D eigenvalue weighted by atomic mass is 10.2. The van der Waals surface area contributed by atoms with Gasteiger partial charge in [0.2, 0.25) is 15.9 Å². The lowest BCUT2D eigenvalue weighted by Crippen LogP contribution is -2.26. The highest BCUT2D eigenvalue weighted by Crippen LogP contribution is 2.23. The third-order valence-corrected chi connectivity index (χ3v) is 7.00. The van der Waals surface area contributed by atoms with Crippen LogP contribution >= 0.6 is 0 Å². The summed E-state index contributed by atoms with van der Waals surface area (Å²) in [5, 5.41) is 9.06.